The van der Waals surface area contributed by atoms with E-state index in [2.05, 4.69) is 10.3 Å². The molecule has 8 nitrogen and oxygen atoms in total. The fourth-order valence-corrected chi connectivity index (χ4v) is 5.27. The van der Waals surface area contributed by atoms with Crippen molar-refractivity contribution in [1.29, 1.82) is 0 Å². The molecule has 170 valence electrons. The molecule has 4 rings (SSSR count). The third-order valence-electron chi connectivity index (χ3n) is 6.16. The van der Waals surface area contributed by atoms with Crippen molar-refractivity contribution in [1.82, 2.24) is 4.98 Å². The minimum Gasteiger partial charge on any atom is -0.497 e. The molecule has 2 fully saturated rings. The van der Waals surface area contributed by atoms with Gasteiger partial charge in [0.2, 0.25) is 0 Å². The summed E-state index contributed by atoms with van der Waals surface area (Å²) in [5.74, 6) is 0.366. The van der Waals surface area contributed by atoms with Gasteiger partial charge in [-0.2, -0.15) is 0 Å². The lowest BCUT2D eigenvalue weighted by atomic mass is 9.67. The molecule has 1 heterocycles. The number of hydrogen-bond donors (Lipinski definition) is 1. The van der Waals surface area contributed by atoms with Crippen molar-refractivity contribution in [3.05, 3.63) is 23.6 Å². The number of ether oxygens (including phenoxy) is 3. The fraction of sp³-hybridized carbons (Fsp3) is 0.478. The molecule has 1 aromatic heterocycles. The topological polar surface area (TPSA) is 104 Å². The number of rotatable bonds is 7. The number of esters is 1. The van der Waals surface area contributed by atoms with E-state index in [1.807, 2.05) is 17.5 Å². The molecule has 9 heteroatoms. The Kier molecular flexibility index (Phi) is 6.74. The molecule has 2 atom stereocenters. The molecule has 1 N–H and O–H groups in total. The van der Waals surface area contributed by atoms with Crippen molar-refractivity contribution < 1.29 is 28.6 Å². The molecule has 2 aliphatic carbocycles. The maximum Gasteiger partial charge on any atom is 0.309 e. The summed E-state index contributed by atoms with van der Waals surface area (Å²) in [4.78, 5) is 41.4. The number of benzene rings is 1. The number of nitrogens with zero attached hydrogens (tertiary/aromatic N) is 1. The molecule has 0 saturated heterocycles. The number of anilines is 1. The number of hydrogen-bond acceptors (Lipinski definition) is 8. The SMILES string of the molecule is COc1ccc(-c2csc(NC(=O)COC(=O)C3C[C@H]4CCC[C@H](C3)C4=O)n2)c(OC)c1. The highest BCUT2D eigenvalue weighted by Crippen LogP contribution is 2.40. The summed E-state index contributed by atoms with van der Waals surface area (Å²) in [7, 11) is 3.15. The predicted octanol–water partition coefficient (Wildman–Crippen LogP) is 3.70. The highest BCUT2D eigenvalue weighted by Gasteiger charge is 2.41. The molecule has 1 aromatic carbocycles. The van der Waals surface area contributed by atoms with Crippen LogP contribution in [0.3, 0.4) is 0 Å². The maximum atomic E-state index is 12.5. The van der Waals surface area contributed by atoms with Crippen LogP contribution in [0, 0.1) is 17.8 Å². The molecular formula is C23H26N2O6S. The van der Waals surface area contributed by atoms with Gasteiger partial charge >= 0.3 is 5.97 Å². The quantitative estimate of drug-likeness (QED) is 0.631. The molecule has 0 unspecified atom stereocenters. The van der Waals surface area contributed by atoms with E-state index in [0.717, 1.165) is 24.8 Å². The molecule has 0 spiro atoms. The van der Waals surface area contributed by atoms with Crippen LogP contribution < -0.4 is 14.8 Å². The lowest BCUT2D eigenvalue weighted by Crippen LogP contribution is -2.40. The number of Topliss-reactive ketones (excluding diaryl/α,β-unsaturated/α-hetero) is 1. The van der Waals surface area contributed by atoms with Crippen molar-refractivity contribution >= 4 is 34.1 Å². The Morgan fingerprint density at radius 3 is 2.59 bits per heavy atom. The number of carbonyl (C=O) groups excluding carboxylic acids is 3. The van der Waals surface area contributed by atoms with Gasteiger partial charge in [-0.1, -0.05) is 6.42 Å². The first-order valence-electron chi connectivity index (χ1n) is 10.7. The van der Waals surface area contributed by atoms with Gasteiger partial charge in [0.25, 0.3) is 5.91 Å². The number of carbonyl (C=O) groups is 3. The van der Waals surface area contributed by atoms with Gasteiger partial charge in [0, 0.05) is 28.8 Å². The van der Waals surface area contributed by atoms with Gasteiger partial charge in [-0.25, -0.2) is 4.98 Å². The zero-order valence-corrected chi connectivity index (χ0v) is 18.9. The standard InChI is InChI=1S/C23H26N2O6S/c1-29-16-6-7-17(19(10-16)30-2)18-12-32-23(24-18)25-20(26)11-31-22(28)15-8-13-4-3-5-14(9-15)21(13)27/h6-7,10,12-15H,3-5,8-9,11H2,1-2H3,(H,24,25,26)/t13-,14-/m1/s1. The van der Waals surface area contributed by atoms with Crippen LogP contribution in [-0.2, 0) is 19.1 Å². The van der Waals surface area contributed by atoms with Crippen LogP contribution in [0.5, 0.6) is 11.5 Å². The summed E-state index contributed by atoms with van der Waals surface area (Å²) in [5, 5.41) is 4.88. The second kappa shape index (κ2) is 9.68. The molecule has 32 heavy (non-hydrogen) atoms. The third-order valence-corrected chi connectivity index (χ3v) is 6.92. The number of ketones is 1. The average molecular weight is 459 g/mol. The number of nitrogens with one attached hydrogen (secondary N) is 1. The Bertz CT molecular complexity index is 1000. The first kappa shape index (κ1) is 22.3. The number of fused-ring (bicyclic) bond motifs is 2. The Balaban J connectivity index is 1.31. The van der Waals surface area contributed by atoms with E-state index in [1.54, 1.807) is 20.3 Å². The number of thiazole rings is 1. The molecule has 0 radical (unpaired) electrons. The predicted molar refractivity (Wildman–Crippen MR) is 119 cm³/mol. The Labute approximate surface area is 190 Å². The summed E-state index contributed by atoms with van der Waals surface area (Å²) in [6.45, 7) is -0.376. The van der Waals surface area contributed by atoms with Gasteiger partial charge in [-0.15, -0.1) is 11.3 Å². The number of methoxy groups -OCH3 is 2. The summed E-state index contributed by atoms with van der Waals surface area (Å²) in [6.07, 6.45) is 3.82. The van der Waals surface area contributed by atoms with Gasteiger partial charge in [-0.3, -0.25) is 19.7 Å². The van der Waals surface area contributed by atoms with Crippen LogP contribution in [0.15, 0.2) is 23.6 Å². The van der Waals surface area contributed by atoms with Crippen molar-refractivity contribution in [3.8, 4) is 22.8 Å². The molecule has 2 aromatic rings. The Hall–Kier alpha value is -2.94. The van der Waals surface area contributed by atoms with Crippen molar-refractivity contribution in [2.75, 3.05) is 26.1 Å². The first-order chi connectivity index (χ1) is 15.5. The molecule has 1 amide bonds. The van der Waals surface area contributed by atoms with Crippen molar-refractivity contribution in [3.63, 3.8) is 0 Å². The zero-order valence-electron chi connectivity index (χ0n) is 18.1. The van der Waals surface area contributed by atoms with Gasteiger partial charge in [0.1, 0.15) is 17.3 Å². The minimum atomic E-state index is -0.451. The Morgan fingerprint density at radius 1 is 1.16 bits per heavy atom. The molecular weight excluding hydrogens is 432 g/mol. The molecule has 2 bridgehead atoms. The van der Waals surface area contributed by atoms with Crippen LogP contribution in [-0.4, -0.2) is 43.5 Å². The van der Waals surface area contributed by atoms with Gasteiger partial charge < -0.3 is 14.2 Å². The van der Waals surface area contributed by atoms with E-state index < -0.39 is 11.9 Å². The smallest absolute Gasteiger partial charge is 0.309 e. The summed E-state index contributed by atoms with van der Waals surface area (Å²) in [5.41, 5.74) is 1.43. The van der Waals surface area contributed by atoms with Crippen LogP contribution in [0.1, 0.15) is 32.1 Å². The van der Waals surface area contributed by atoms with E-state index in [0.29, 0.717) is 40.9 Å². The van der Waals surface area contributed by atoms with E-state index in [-0.39, 0.29) is 24.4 Å². The van der Waals surface area contributed by atoms with Crippen molar-refractivity contribution in [2.24, 2.45) is 17.8 Å². The molecule has 0 aliphatic heterocycles. The highest BCUT2D eigenvalue weighted by molar-refractivity contribution is 7.14. The zero-order chi connectivity index (χ0) is 22.7. The van der Waals surface area contributed by atoms with Crippen molar-refractivity contribution in [2.45, 2.75) is 32.1 Å². The van der Waals surface area contributed by atoms with Gasteiger partial charge in [0.05, 0.1) is 25.8 Å². The third kappa shape index (κ3) is 4.77. The summed E-state index contributed by atoms with van der Waals surface area (Å²) in [6, 6.07) is 5.41. The van der Waals surface area contributed by atoms with E-state index in [9.17, 15) is 14.4 Å². The summed E-state index contributed by atoms with van der Waals surface area (Å²) >= 11 is 1.27. The normalized spacial score (nSPS) is 22.2. The summed E-state index contributed by atoms with van der Waals surface area (Å²) < 4.78 is 15.9. The monoisotopic (exact) mass is 458 g/mol. The number of aromatic nitrogens is 1. The van der Waals surface area contributed by atoms with E-state index in [1.165, 1.54) is 11.3 Å². The highest BCUT2D eigenvalue weighted by atomic mass is 32.1. The second-order valence-corrected chi connectivity index (χ2v) is 9.01. The van der Waals surface area contributed by atoms with Crippen LogP contribution in [0.25, 0.3) is 11.3 Å². The lowest BCUT2D eigenvalue weighted by molar-refractivity contribution is -0.155. The van der Waals surface area contributed by atoms with Gasteiger partial charge in [-0.05, 0) is 37.8 Å². The van der Waals surface area contributed by atoms with E-state index in [4.69, 9.17) is 14.2 Å². The van der Waals surface area contributed by atoms with Gasteiger partial charge in [0.15, 0.2) is 11.7 Å². The number of amides is 1. The Morgan fingerprint density at radius 2 is 1.91 bits per heavy atom. The first-order valence-corrected chi connectivity index (χ1v) is 11.5. The fourth-order valence-electron chi connectivity index (χ4n) is 4.55. The minimum absolute atomic E-state index is 0.0300. The maximum absolute atomic E-state index is 12.5. The second-order valence-electron chi connectivity index (χ2n) is 8.16. The largest absolute Gasteiger partial charge is 0.497 e. The van der Waals surface area contributed by atoms with Crippen LogP contribution >= 0.6 is 11.3 Å². The molecule has 2 aliphatic rings. The lowest BCUT2D eigenvalue weighted by Gasteiger charge is -2.36. The van der Waals surface area contributed by atoms with E-state index >= 15 is 0 Å². The average Bonchev–Trinajstić information content (AvgIpc) is 3.24. The molecule has 2 saturated carbocycles. The van der Waals surface area contributed by atoms with Crippen LogP contribution in [0.2, 0.25) is 0 Å². The van der Waals surface area contributed by atoms with Crippen LogP contribution in [0.4, 0.5) is 5.13 Å².